The summed E-state index contributed by atoms with van der Waals surface area (Å²) in [4.78, 5) is 9.65. The van der Waals surface area contributed by atoms with Crippen molar-refractivity contribution in [2.75, 3.05) is 31.0 Å². The Balaban J connectivity index is 1.89. The lowest BCUT2D eigenvalue weighted by molar-refractivity contribution is -0.137. The van der Waals surface area contributed by atoms with Gasteiger partial charge < -0.3 is 19.7 Å². The van der Waals surface area contributed by atoms with Gasteiger partial charge in [0, 0.05) is 24.6 Å². The topological polar surface area (TPSA) is 59.5 Å². The highest BCUT2D eigenvalue weighted by Gasteiger charge is 2.35. The maximum atomic E-state index is 13.5. The molecule has 0 saturated heterocycles. The Hall–Kier alpha value is -3.49. The van der Waals surface area contributed by atoms with E-state index in [1.165, 1.54) is 0 Å². The summed E-state index contributed by atoms with van der Waals surface area (Å²) < 4.78 is 51.2. The summed E-state index contributed by atoms with van der Waals surface area (Å²) in [5.74, 6) is 1.09. The van der Waals surface area contributed by atoms with Crippen LogP contribution in [0.15, 0.2) is 54.7 Å². The summed E-state index contributed by atoms with van der Waals surface area (Å²) in [6, 6.07) is 13.7. The second-order valence-electron chi connectivity index (χ2n) is 6.68. The van der Waals surface area contributed by atoms with Crippen LogP contribution in [-0.4, -0.2) is 30.7 Å². The van der Waals surface area contributed by atoms with Crippen molar-refractivity contribution >= 4 is 23.1 Å². The third kappa shape index (κ3) is 5.56. The van der Waals surface area contributed by atoms with Gasteiger partial charge in [-0.05, 0) is 55.0 Å². The van der Waals surface area contributed by atoms with Gasteiger partial charge in [-0.15, -0.1) is 0 Å². The number of nitrogens with zero attached hydrogens (tertiary/aromatic N) is 3. The van der Waals surface area contributed by atoms with E-state index in [-0.39, 0.29) is 11.8 Å². The van der Waals surface area contributed by atoms with Crippen molar-refractivity contribution in [3.8, 4) is 11.5 Å². The normalized spacial score (nSPS) is 11.2. The van der Waals surface area contributed by atoms with E-state index in [4.69, 9.17) is 9.47 Å². The smallest absolute Gasteiger partial charge is 0.421 e. The minimum Gasteiger partial charge on any atom is -0.497 e. The number of alkyl halides is 3. The predicted octanol–water partition coefficient (Wildman–Crippen LogP) is 5.80. The first-order valence-corrected chi connectivity index (χ1v) is 9.63. The molecule has 31 heavy (non-hydrogen) atoms. The average molecular weight is 432 g/mol. The van der Waals surface area contributed by atoms with E-state index in [0.29, 0.717) is 29.5 Å². The van der Waals surface area contributed by atoms with E-state index in [1.54, 1.807) is 67.6 Å². The summed E-state index contributed by atoms with van der Waals surface area (Å²) in [5, 5.41) is 2.75. The van der Waals surface area contributed by atoms with Gasteiger partial charge in [-0.25, -0.2) is 4.98 Å². The van der Waals surface area contributed by atoms with E-state index in [0.717, 1.165) is 12.6 Å². The van der Waals surface area contributed by atoms with Crippen molar-refractivity contribution in [2.45, 2.75) is 19.5 Å². The van der Waals surface area contributed by atoms with Gasteiger partial charge in [0.1, 0.15) is 22.9 Å². The van der Waals surface area contributed by atoms with E-state index in [9.17, 15) is 13.2 Å². The summed E-state index contributed by atoms with van der Waals surface area (Å²) >= 11 is 0. The molecule has 1 N–H and O–H groups in total. The Morgan fingerprint density at radius 3 is 2.23 bits per heavy atom. The molecule has 1 heterocycles. The third-order valence-corrected chi connectivity index (χ3v) is 4.43. The summed E-state index contributed by atoms with van der Waals surface area (Å²) in [5.41, 5.74) is 0.195. The zero-order valence-electron chi connectivity index (χ0n) is 17.4. The Kier molecular flexibility index (Phi) is 6.84. The fraction of sp³-hybridized carbons (Fsp3) is 0.273. The predicted molar refractivity (Wildman–Crippen MR) is 114 cm³/mol. The molecule has 1 aromatic heterocycles. The quantitative estimate of drug-likeness (QED) is 0.485. The monoisotopic (exact) mass is 432 g/mol. The third-order valence-electron chi connectivity index (χ3n) is 4.43. The lowest BCUT2D eigenvalue weighted by atomic mass is 10.2. The molecule has 0 spiro atoms. The number of nitrogens with one attached hydrogen (secondary N) is 1. The lowest BCUT2D eigenvalue weighted by Crippen LogP contribution is -2.17. The van der Waals surface area contributed by atoms with Crippen molar-refractivity contribution in [1.82, 2.24) is 9.97 Å². The van der Waals surface area contributed by atoms with E-state index < -0.39 is 11.7 Å². The number of hydrogen-bond donors (Lipinski definition) is 1. The first kappa shape index (κ1) is 22.2. The van der Waals surface area contributed by atoms with Gasteiger partial charge in [0.15, 0.2) is 0 Å². The summed E-state index contributed by atoms with van der Waals surface area (Å²) in [6.45, 7) is 2.56. The largest absolute Gasteiger partial charge is 0.497 e. The van der Waals surface area contributed by atoms with Crippen molar-refractivity contribution < 1.29 is 22.6 Å². The molecule has 0 amide bonds. The van der Waals surface area contributed by atoms with Crippen molar-refractivity contribution in [3.05, 3.63) is 60.3 Å². The number of methoxy groups -OCH3 is 1. The van der Waals surface area contributed by atoms with Gasteiger partial charge in [-0.3, -0.25) is 0 Å². The summed E-state index contributed by atoms with van der Waals surface area (Å²) in [7, 11) is 3.23. The highest BCUT2D eigenvalue weighted by Crippen LogP contribution is 2.36. The molecule has 0 bridgehead atoms. The molecule has 0 aliphatic heterocycles. The molecule has 3 rings (SSSR count). The van der Waals surface area contributed by atoms with Crippen LogP contribution in [0.2, 0.25) is 0 Å². The number of halogens is 3. The molecular formula is C22H23F3N4O2. The molecular weight excluding hydrogens is 409 g/mol. The number of ether oxygens (including phenoxy) is 2. The highest BCUT2D eigenvalue weighted by molar-refractivity contribution is 5.64. The first-order valence-electron chi connectivity index (χ1n) is 9.63. The van der Waals surface area contributed by atoms with E-state index in [1.807, 2.05) is 6.92 Å². The fourth-order valence-corrected chi connectivity index (χ4v) is 2.75. The van der Waals surface area contributed by atoms with Crippen LogP contribution in [0.25, 0.3) is 0 Å². The van der Waals surface area contributed by atoms with Crippen LogP contribution in [0.3, 0.4) is 0 Å². The van der Waals surface area contributed by atoms with Crippen molar-refractivity contribution in [3.63, 3.8) is 0 Å². The van der Waals surface area contributed by atoms with Gasteiger partial charge in [0.05, 0.1) is 13.7 Å². The molecule has 3 aromatic rings. The molecule has 0 atom stereocenters. The molecule has 9 heteroatoms. The lowest BCUT2D eigenvalue weighted by Gasteiger charge is -2.20. The fourth-order valence-electron chi connectivity index (χ4n) is 2.75. The molecule has 0 saturated carbocycles. The van der Waals surface area contributed by atoms with Crippen LogP contribution in [0.1, 0.15) is 18.9 Å². The second kappa shape index (κ2) is 9.55. The Bertz CT molecular complexity index is 993. The molecule has 0 fully saturated rings. The van der Waals surface area contributed by atoms with Crippen molar-refractivity contribution in [2.24, 2.45) is 0 Å². The summed E-state index contributed by atoms with van der Waals surface area (Å²) in [6.07, 6.45) is -2.96. The van der Waals surface area contributed by atoms with Crippen molar-refractivity contribution in [1.29, 1.82) is 0 Å². The minimum atomic E-state index is -4.61. The Morgan fingerprint density at radius 1 is 1.00 bits per heavy atom. The van der Waals surface area contributed by atoms with Crippen LogP contribution in [0, 0.1) is 0 Å². The van der Waals surface area contributed by atoms with Crippen LogP contribution in [-0.2, 0) is 6.18 Å². The number of hydrogen-bond acceptors (Lipinski definition) is 6. The minimum absolute atomic E-state index is 0.114. The molecule has 0 aliphatic rings. The highest BCUT2D eigenvalue weighted by atomic mass is 19.4. The number of aromatic nitrogens is 2. The van der Waals surface area contributed by atoms with Gasteiger partial charge in [-0.2, -0.15) is 18.2 Å². The average Bonchev–Trinajstić information content (AvgIpc) is 2.77. The molecule has 6 nitrogen and oxygen atoms in total. The maximum Gasteiger partial charge on any atom is 0.421 e. The zero-order valence-corrected chi connectivity index (χ0v) is 17.4. The second-order valence-corrected chi connectivity index (χ2v) is 6.68. The van der Waals surface area contributed by atoms with Gasteiger partial charge in [-0.1, -0.05) is 6.92 Å². The maximum absolute atomic E-state index is 13.5. The Morgan fingerprint density at radius 2 is 1.65 bits per heavy atom. The number of anilines is 4. The van der Waals surface area contributed by atoms with Crippen LogP contribution in [0.5, 0.6) is 11.5 Å². The van der Waals surface area contributed by atoms with E-state index in [2.05, 4.69) is 15.3 Å². The first-order chi connectivity index (χ1) is 14.8. The van der Waals surface area contributed by atoms with Crippen LogP contribution >= 0.6 is 0 Å². The SMILES string of the molecule is CCCOc1ccc(Nc2nc(N(C)c3ccc(OC)cc3)ncc2C(F)(F)F)cc1. The molecule has 164 valence electrons. The molecule has 0 unspecified atom stereocenters. The van der Waals surface area contributed by atoms with Gasteiger partial charge in [0.2, 0.25) is 5.95 Å². The van der Waals surface area contributed by atoms with Gasteiger partial charge in [0.25, 0.3) is 0 Å². The van der Waals surface area contributed by atoms with E-state index >= 15 is 0 Å². The standard InChI is InChI=1S/C22H23F3N4O2/c1-4-13-31-18-9-5-15(6-10-18)27-20-19(22(23,24)25)14-26-21(28-20)29(2)16-7-11-17(30-3)12-8-16/h5-12,14H,4,13H2,1-3H3,(H,26,27,28). The van der Waals surface area contributed by atoms with Crippen LogP contribution in [0.4, 0.5) is 36.3 Å². The number of benzene rings is 2. The van der Waals surface area contributed by atoms with Gasteiger partial charge >= 0.3 is 6.18 Å². The molecule has 2 aromatic carbocycles. The molecule has 0 radical (unpaired) electrons. The van der Waals surface area contributed by atoms with Crippen LogP contribution < -0.4 is 19.7 Å². The molecule has 0 aliphatic carbocycles. The Labute approximate surface area is 178 Å². The zero-order chi connectivity index (χ0) is 22.4. The number of rotatable bonds is 8.